The molecular formula is C15H12FN2O2-. The van der Waals surface area contributed by atoms with Gasteiger partial charge in [-0.3, -0.25) is 5.43 Å². The van der Waals surface area contributed by atoms with Crippen molar-refractivity contribution in [2.24, 2.45) is 5.10 Å². The Labute approximate surface area is 115 Å². The van der Waals surface area contributed by atoms with Gasteiger partial charge in [0.05, 0.1) is 17.4 Å². The number of halogens is 1. The quantitative estimate of drug-likeness (QED) is 0.683. The van der Waals surface area contributed by atoms with E-state index < -0.39 is 5.97 Å². The molecule has 0 unspecified atom stereocenters. The predicted molar refractivity (Wildman–Crippen MR) is 73.0 cm³/mol. The molecule has 0 radical (unpaired) electrons. The topological polar surface area (TPSA) is 64.5 Å². The number of carboxylic acids is 1. The first-order valence-corrected chi connectivity index (χ1v) is 5.94. The minimum absolute atomic E-state index is 0.0737. The van der Waals surface area contributed by atoms with Gasteiger partial charge in [0.1, 0.15) is 5.82 Å². The molecule has 2 rings (SSSR count). The molecule has 0 spiro atoms. The second-order valence-corrected chi connectivity index (χ2v) is 4.18. The zero-order valence-electron chi connectivity index (χ0n) is 10.8. The summed E-state index contributed by atoms with van der Waals surface area (Å²) >= 11 is 0. The summed E-state index contributed by atoms with van der Waals surface area (Å²) < 4.78 is 12.8. The van der Waals surface area contributed by atoms with Crippen LogP contribution in [0.2, 0.25) is 0 Å². The van der Waals surface area contributed by atoms with Crippen LogP contribution < -0.4 is 10.5 Å². The van der Waals surface area contributed by atoms with Crippen molar-refractivity contribution < 1.29 is 14.3 Å². The highest BCUT2D eigenvalue weighted by Gasteiger charge is 1.99. The molecule has 2 aromatic rings. The molecule has 20 heavy (non-hydrogen) atoms. The number of hydrogen-bond donors (Lipinski definition) is 1. The monoisotopic (exact) mass is 271 g/mol. The third-order valence-electron chi connectivity index (χ3n) is 2.71. The fourth-order valence-corrected chi connectivity index (χ4v) is 1.62. The van der Waals surface area contributed by atoms with E-state index >= 15 is 0 Å². The molecule has 0 saturated heterocycles. The highest BCUT2D eigenvalue weighted by Crippen LogP contribution is 2.11. The molecule has 0 aliphatic rings. The summed E-state index contributed by atoms with van der Waals surface area (Å²) in [5.74, 6) is -1.55. The van der Waals surface area contributed by atoms with Crippen molar-refractivity contribution in [1.82, 2.24) is 0 Å². The molecular weight excluding hydrogens is 259 g/mol. The van der Waals surface area contributed by atoms with Gasteiger partial charge in [-0.15, -0.1) is 0 Å². The maximum Gasteiger partial charge on any atom is 0.123 e. The van der Waals surface area contributed by atoms with Crippen molar-refractivity contribution in [3.63, 3.8) is 0 Å². The van der Waals surface area contributed by atoms with Gasteiger partial charge in [0.2, 0.25) is 0 Å². The Balaban J connectivity index is 2.14. The van der Waals surface area contributed by atoms with Crippen LogP contribution in [0.5, 0.6) is 0 Å². The van der Waals surface area contributed by atoms with E-state index in [-0.39, 0.29) is 11.4 Å². The van der Waals surface area contributed by atoms with E-state index in [9.17, 15) is 14.3 Å². The molecule has 4 nitrogen and oxygen atoms in total. The summed E-state index contributed by atoms with van der Waals surface area (Å²) in [6.07, 6.45) is 0. The van der Waals surface area contributed by atoms with Crippen LogP contribution >= 0.6 is 0 Å². The molecule has 5 heteroatoms. The first-order chi connectivity index (χ1) is 9.56. The van der Waals surface area contributed by atoms with Gasteiger partial charge >= 0.3 is 0 Å². The van der Waals surface area contributed by atoms with Gasteiger partial charge in [0, 0.05) is 0 Å². The van der Waals surface area contributed by atoms with Crippen LogP contribution in [0.1, 0.15) is 22.8 Å². The number of rotatable bonds is 4. The van der Waals surface area contributed by atoms with Crippen LogP contribution in [-0.4, -0.2) is 11.7 Å². The maximum atomic E-state index is 12.8. The molecule has 0 fully saturated rings. The normalized spacial score (nSPS) is 11.2. The summed E-state index contributed by atoms with van der Waals surface area (Å²) in [6, 6.07) is 12.1. The molecule has 1 N–H and O–H groups in total. The van der Waals surface area contributed by atoms with Gasteiger partial charge in [-0.25, -0.2) is 4.39 Å². The lowest BCUT2D eigenvalue weighted by molar-refractivity contribution is -0.255. The standard InChI is InChI=1S/C15H13FN2O2/c1-10(11-5-7-13(16)8-6-11)17-18-14-4-2-3-12(9-14)15(19)20/h2-9,18H,1H3,(H,19,20)/p-1/b17-10-. The Bertz CT molecular complexity index is 651. The molecule has 0 saturated carbocycles. The van der Waals surface area contributed by atoms with E-state index in [1.54, 1.807) is 31.2 Å². The number of anilines is 1. The van der Waals surface area contributed by atoms with Crippen molar-refractivity contribution in [2.75, 3.05) is 5.43 Å². The lowest BCUT2D eigenvalue weighted by atomic mass is 10.1. The van der Waals surface area contributed by atoms with Gasteiger partial charge in [-0.05, 0) is 42.3 Å². The Morgan fingerprint density at radius 1 is 1.15 bits per heavy atom. The first kappa shape index (κ1) is 13.7. The summed E-state index contributed by atoms with van der Waals surface area (Å²) in [5, 5.41) is 14.9. The summed E-state index contributed by atoms with van der Waals surface area (Å²) in [5.41, 5.74) is 4.79. The minimum Gasteiger partial charge on any atom is -0.545 e. The average Bonchev–Trinajstić information content (AvgIpc) is 2.46. The number of benzene rings is 2. The fraction of sp³-hybridized carbons (Fsp3) is 0.0667. The number of hydrogen-bond acceptors (Lipinski definition) is 4. The van der Waals surface area contributed by atoms with Gasteiger partial charge in [-0.2, -0.15) is 5.10 Å². The number of carboxylic acid groups (broad SMARTS) is 1. The zero-order chi connectivity index (χ0) is 14.5. The summed E-state index contributed by atoms with van der Waals surface area (Å²) in [4.78, 5) is 10.7. The van der Waals surface area contributed by atoms with Crippen LogP contribution in [0.25, 0.3) is 0 Å². The van der Waals surface area contributed by atoms with E-state index in [0.29, 0.717) is 11.4 Å². The number of aromatic carboxylic acids is 1. The molecule has 0 amide bonds. The highest BCUT2D eigenvalue weighted by atomic mass is 19.1. The average molecular weight is 271 g/mol. The fourth-order valence-electron chi connectivity index (χ4n) is 1.62. The summed E-state index contributed by atoms with van der Waals surface area (Å²) in [6.45, 7) is 1.77. The van der Waals surface area contributed by atoms with Crippen LogP contribution in [0.4, 0.5) is 10.1 Å². The molecule has 0 aliphatic heterocycles. The van der Waals surface area contributed by atoms with Gasteiger partial charge < -0.3 is 9.90 Å². The lowest BCUT2D eigenvalue weighted by Crippen LogP contribution is -2.22. The Kier molecular flexibility index (Phi) is 4.10. The largest absolute Gasteiger partial charge is 0.545 e. The second-order valence-electron chi connectivity index (χ2n) is 4.18. The van der Waals surface area contributed by atoms with Crippen molar-refractivity contribution in [3.05, 3.63) is 65.5 Å². The minimum atomic E-state index is -1.24. The van der Waals surface area contributed by atoms with Gasteiger partial charge in [-0.1, -0.05) is 24.3 Å². The molecule has 0 aliphatic carbocycles. The van der Waals surface area contributed by atoms with Crippen molar-refractivity contribution >= 4 is 17.4 Å². The zero-order valence-corrected chi connectivity index (χ0v) is 10.8. The van der Waals surface area contributed by atoms with Crippen LogP contribution in [0.3, 0.4) is 0 Å². The Morgan fingerprint density at radius 2 is 1.85 bits per heavy atom. The van der Waals surface area contributed by atoms with E-state index in [1.165, 1.54) is 24.3 Å². The number of carbonyl (C=O) groups excluding carboxylic acids is 1. The SMILES string of the molecule is C/C(=N/Nc1cccc(C(=O)[O-])c1)c1ccc(F)cc1. The van der Waals surface area contributed by atoms with E-state index in [4.69, 9.17) is 0 Å². The Hall–Kier alpha value is -2.69. The summed E-state index contributed by atoms with van der Waals surface area (Å²) in [7, 11) is 0. The molecule has 2 aromatic carbocycles. The second kappa shape index (κ2) is 5.97. The van der Waals surface area contributed by atoms with E-state index in [1.807, 2.05) is 0 Å². The molecule has 0 atom stereocenters. The van der Waals surface area contributed by atoms with Gasteiger partial charge in [0.15, 0.2) is 0 Å². The van der Waals surface area contributed by atoms with E-state index in [2.05, 4.69) is 10.5 Å². The molecule has 102 valence electrons. The van der Waals surface area contributed by atoms with Crippen LogP contribution in [-0.2, 0) is 0 Å². The van der Waals surface area contributed by atoms with E-state index in [0.717, 1.165) is 5.56 Å². The molecule has 0 bridgehead atoms. The van der Waals surface area contributed by atoms with Crippen LogP contribution in [0, 0.1) is 5.82 Å². The Morgan fingerprint density at radius 3 is 2.50 bits per heavy atom. The molecule has 0 heterocycles. The smallest absolute Gasteiger partial charge is 0.123 e. The highest BCUT2D eigenvalue weighted by molar-refractivity contribution is 5.99. The van der Waals surface area contributed by atoms with Crippen molar-refractivity contribution in [1.29, 1.82) is 0 Å². The van der Waals surface area contributed by atoms with Crippen LogP contribution in [0.15, 0.2) is 53.6 Å². The van der Waals surface area contributed by atoms with Crippen molar-refractivity contribution in [2.45, 2.75) is 6.92 Å². The number of nitrogens with zero attached hydrogens (tertiary/aromatic N) is 1. The maximum absolute atomic E-state index is 12.8. The number of carbonyl (C=O) groups is 1. The third-order valence-corrected chi connectivity index (χ3v) is 2.71. The number of hydrazone groups is 1. The first-order valence-electron chi connectivity index (χ1n) is 5.94. The lowest BCUT2D eigenvalue weighted by Gasteiger charge is -2.06. The molecule has 0 aromatic heterocycles. The third kappa shape index (κ3) is 3.41. The number of nitrogens with one attached hydrogen (secondary N) is 1. The van der Waals surface area contributed by atoms with Gasteiger partial charge in [0.25, 0.3) is 0 Å². The van der Waals surface area contributed by atoms with Crippen molar-refractivity contribution in [3.8, 4) is 0 Å². The predicted octanol–water partition coefficient (Wildman–Crippen LogP) is 2.03.